The number of hydrogen-bond acceptors (Lipinski definition) is 5. The molecule has 0 aliphatic heterocycles. The Balaban J connectivity index is 1.62. The van der Waals surface area contributed by atoms with Crippen molar-refractivity contribution in [1.82, 2.24) is 5.32 Å². The third kappa shape index (κ3) is 7.03. The maximum Gasteiger partial charge on any atom is 0.238 e. The van der Waals surface area contributed by atoms with Gasteiger partial charge in [0, 0.05) is 12.2 Å². The second-order valence-electron chi connectivity index (χ2n) is 5.94. The third-order valence-electron chi connectivity index (χ3n) is 3.40. The Hall–Kier alpha value is -2.73. The van der Waals surface area contributed by atoms with Gasteiger partial charge in [-0.25, -0.2) is 0 Å². The predicted octanol–water partition coefficient (Wildman–Crippen LogP) is 3.09. The highest BCUT2D eigenvalue weighted by Crippen LogP contribution is 2.17. The minimum Gasteiger partial charge on any atom is -0.497 e. The van der Waals surface area contributed by atoms with E-state index in [9.17, 15) is 4.79 Å². The van der Waals surface area contributed by atoms with Crippen LogP contribution in [0.25, 0.3) is 0 Å². The Morgan fingerprint density at radius 3 is 2.19 bits per heavy atom. The van der Waals surface area contributed by atoms with Crippen molar-refractivity contribution < 1.29 is 19.0 Å². The molecule has 0 fully saturated rings. The highest BCUT2D eigenvalue weighted by molar-refractivity contribution is 5.92. The number of carbonyl (C=O) groups excluding carboxylic acids is 1. The molecule has 2 rings (SSSR count). The zero-order chi connectivity index (χ0) is 18.8. The van der Waals surface area contributed by atoms with Gasteiger partial charge in [-0.05, 0) is 62.4 Å². The van der Waals surface area contributed by atoms with Crippen LogP contribution in [-0.2, 0) is 4.79 Å². The number of methoxy groups -OCH3 is 1. The molecule has 0 radical (unpaired) electrons. The van der Waals surface area contributed by atoms with Crippen LogP contribution < -0.4 is 24.8 Å². The lowest BCUT2D eigenvalue weighted by molar-refractivity contribution is -0.115. The van der Waals surface area contributed by atoms with E-state index >= 15 is 0 Å². The van der Waals surface area contributed by atoms with Gasteiger partial charge in [-0.15, -0.1) is 0 Å². The minimum atomic E-state index is -0.105. The van der Waals surface area contributed by atoms with Crippen LogP contribution in [0, 0.1) is 0 Å². The maximum atomic E-state index is 11.9. The SMILES string of the molecule is COc1ccc(OCCNCC(=O)Nc2ccc(OC(C)C)cc2)cc1. The Kier molecular flexibility index (Phi) is 7.76. The molecule has 0 bridgehead atoms. The molecule has 6 nitrogen and oxygen atoms in total. The summed E-state index contributed by atoms with van der Waals surface area (Å²) in [5, 5.41) is 5.88. The average molecular weight is 358 g/mol. The Morgan fingerprint density at radius 2 is 1.58 bits per heavy atom. The molecular weight excluding hydrogens is 332 g/mol. The van der Waals surface area contributed by atoms with E-state index in [1.807, 2.05) is 62.4 Å². The smallest absolute Gasteiger partial charge is 0.238 e. The van der Waals surface area contributed by atoms with E-state index in [0.717, 1.165) is 22.9 Å². The number of nitrogens with one attached hydrogen (secondary N) is 2. The first-order chi connectivity index (χ1) is 12.6. The summed E-state index contributed by atoms with van der Waals surface area (Å²) in [6.45, 7) is 5.21. The summed E-state index contributed by atoms with van der Waals surface area (Å²) in [5.74, 6) is 2.23. The molecule has 0 heterocycles. The van der Waals surface area contributed by atoms with E-state index in [1.54, 1.807) is 7.11 Å². The van der Waals surface area contributed by atoms with E-state index in [0.29, 0.717) is 13.2 Å². The summed E-state index contributed by atoms with van der Waals surface area (Å²) in [4.78, 5) is 11.9. The molecule has 0 saturated heterocycles. The summed E-state index contributed by atoms with van der Waals surface area (Å²) in [6, 6.07) is 14.7. The molecule has 0 spiro atoms. The molecule has 0 saturated carbocycles. The fourth-order valence-electron chi connectivity index (χ4n) is 2.21. The zero-order valence-corrected chi connectivity index (χ0v) is 15.5. The van der Waals surface area contributed by atoms with Crippen molar-refractivity contribution in [1.29, 1.82) is 0 Å². The van der Waals surface area contributed by atoms with Gasteiger partial charge in [-0.1, -0.05) is 0 Å². The lowest BCUT2D eigenvalue weighted by Crippen LogP contribution is -2.31. The lowest BCUT2D eigenvalue weighted by atomic mass is 10.3. The van der Waals surface area contributed by atoms with E-state index in [1.165, 1.54) is 0 Å². The highest BCUT2D eigenvalue weighted by Gasteiger charge is 2.03. The van der Waals surface area contributed by atoms with Gasteiger partial charge in [0.1, 0.15) is 23.9 Å². The number of hydrogen-bond donors (Lipinski definition) is 2. The van der Waals surface area contributed by atoms with Crippen molar-refractivity contribution in [3.8, 4) is 17.2 Å². The van der Waals surface area contributed by atoms with Gasteiger partial charge in [0.2, 0.25) is 5.91 Å². The molecule has 140 valence electrons. The van der Waals surface area contributed by atoms with Crippen LogP contribution in [0.1, 0.15) is 13.8 Å². The number of amides is 1. The molecular formula is C20H26N2O4. The molecule has 0 aliphatic rings. The van der Waals surface area contributed by atoms with Crippen molar-refractivity contribution in [3.63, 3.8) is 0 Å². The van der Waals surface area contributed by atoms with Gasteiger partial charge in [-0.3, -0.25) is 4.79 Å². The molecule has 0 unspecified atom stereocenters. The molecule has 2 aromatic rings. The maximum absolute atomic E-state index is 11.9. The van der Waals surface area contributed by atoms with Crippen molar-refractivity contribution in [3.05, 3.63) is 48.5 Å². The second-order valence-corrected chi connectivity index (χ2v) is 5.94. The van der Waals surface area contributed by atoms with Crippen LogP contribution in [0.15, 0.2) is 48.5 Å². The van der Waals surface area contributed by atoms with Gasteiger partial charge in [0.05, 0.1) is 19.8 Å². The van der Waals surface area contributed by atoms with Gasteiger partial charge >= 0.3 is 0 Å². The fraction of sp³-hybridized carbons (Fsp3) is 0.350. The number of ether oxygens (including phenoxy) is 3. The summed E-state index contributed by atoms with van der Waals surface area (Å²) in [6.07, 6.45) is 0.125. The van der Waals surface area contributed by atoms with Gasteiger partial charge in [-0.2, -0.15) is 0 Å². The Bertz CT molecular complexity index is 669. The van der Waals surface area contributed by atoms with Crippen molar-refractivity contribution in [2.24, 2.45) is 0 Å². The van der Waals surface area contributed by atoms with Crippen LogP contribution in [0.5, 0.6) is 17.2 Å². The third-order valence-corrected chi connectivity index (χ3v) is 3.40. The van der Waals surface area contributed by atoms with Gasteiger partial charge in [0.15, 0.2) is 0 Å². The summed E-state index contributed by atoms with van der Waals surface area (Å²) < 4.78 is 16.2. The normalized spacial score (nSPS) is 10.5. The Morgan fingerprint density at radius 1 is 0.962 bits per heavy atom. The molecule has 1 amide bonds. The summed E-state index contributed by atoms with van der Waals surface area (Å²) in [5.41, 5.74) is 0.738. The molecule has 0 aromatic heterocycles. The molecule has 6 heteroatoms. The molecule has 0 aliphatic carbocycles. The fourth-order valence-corrected chi connectivity index (χ4v) is 2.21. The highest BCUT2D eigenvalue weighted by atomic mass is 16.5. The van der Waals surface area contributed by atoms with E-state index < -0.39 is 0 Å². The van der Waals surface area contributed by atoms with Crippen LogP contribution in [-0.4, -0.2) is 38.8 Å². The summed E-state index contributed by atoms with van der Waals surface area (Å²) >= 11 is 0. The average Bonchev–Trinajstić information content (AvgIpc) is 2.63. The number of anilines is 1. The molecule has 0 atom stereocenters. The van der Waals surface area contributed by atoms with Crippen LogP contribution >= 0.6 is 0 Å². The monoisotopic (exact) mass is 358 g/mol. The van der Waals surface area contributed by atoms with Crippen molar-refractivity contribution in [2.75, 3.05) is 32.1 Å². The first-order valence-electron chi connectivity index (χ1n) is 8.61. The first-order valence-corrected chi connectivity index (χ1v) is 8.61. The largest absolute Gasteiger partial charge is 0.497 e. The zero-order valence-electron chi connectivity index (χ0n) is 15.5. The van der Waals surface area contributed by atoms with Gasteiger partial charge < -0.3 is 24.8 Å². The lowest BCUT2D eigenvalue weighted by Gasteiger charge is -2.11. The molecule has 26 heavy (non-hydrogen) atoms. The van der Waals surface area contributed by atoms with E-state index in [-0.39, 0.29) is 18.6 Å². The number of rotatable bonds is 10. The topological polar surface area (TPSA) is 68.8 Å². The van der Waals surface area contributed by atoms with E-state index in [4.69, 9.17) is 14.2 Å². The van der Waals surface area contributed by atoms with Crippen molar-refractivity contribution in [2.45, 2.75) is 20.0 Å². The van der Waals surface area contributed by atoms with E-state index in [2.05, 4.69) is 10.6 Å². The standard InChI is InChI=1S/C20H26N2O4/c1-15(2)26-19-6-4-16(5-7-19)22-20(23)14-21-12-13-25-18-10-8-17(24-3)9-11-18/h4-11,15,21H,12-14H2,1-3H3,(H,22,23). The van der Waals surface area contributed by atoms with Crippen LogP contribution in [0.3, 0.4) is 0 Å². The second kappa shape index (κ2) is 10.3. The predicted molar refractivity (Wildman–Crippen MR) is 102 cm³/mol. The molecule has 2 aromatic carbocycles. The minimum absolute atomic E-state index is 0.105. The van der Waals surface area contributed by atoms with Crippen LogP contribution in [0.4, 0.5) is 5.69 Å². The summed E-state index contributed by atoms with van der Waals surface area (Å²) in [7, 11) is 1.62. The van der Waals surface area contributed by atoms with Gasteiger partial charge in [0.25, 0.3) is 0 Å². The quantitative estimate of drug-likeness (QED) is 0.639. The van der Waals surface area contributed by atoms with Crippen molar-refractivity contribution >= 4 is 11.6 Å². The Labute approximate surface area is 154 Å². The first kappa shape index (κ1) is 19.6. The van der Waals surface area contributed by atoms with Crippen LogP contribution in [0.2, 0.25) is 0 Å². The number of benzene rings is 2. The number of carbonyl (C=O) groups is 1. The molecule has 2 N–H and O–H groups in total.